The molecule has 1 aromatic heterocycles. The Morgan fingerprint density at radius 3 is 2.50 bits per heavy atom. The first-order valence-corrected chi connectivity index (χ1v) is 7.89. The highest BCUT2D eigenvalue weighted by molar-refractivity contribution is 5.88. The minimum absolute atomic E-state index is 0.0905. The van der Waals surface area contributed by atoms with Gasteiger partial charge in [-0.1, -0.05) is 12.1 Å². The molecule has 0 radical (unpaired) electrons. The minimum Gasteiger partial charge on any atom is -0.478 e. The standard InChI is InChI=1S/C18H19N3O3/c1-11-19-16(13-3-5-14(6-4-13)18(23)24)9-17(20-11)15-7-8-21(10-15)12(2)22/h3-6,9,15H,7-8,10H2,1-2H3,(H,23,24). The van der Waals surface area contributed by atoms with E-state index >= 15 is 0 Å². The fourth-order valence-electron chi connectivity index (χ4n) is 3.02. The Kier molecular flexibility index (Phi) is 4.29. The number of carbonyl (C=O) groups is 2. The molecular formula is C18H19N3O3. The van der Waals surface area contributed by atoms with Gasteiger partial charge >= 0.3 is 5.97 Å². The quantitative estimate of drug-likeness (QED) is 0.937. The number of aryl methyl sites for hydroxylation is 1. The molecule has 1 unspecified atom stereocenters. The van der Waals surface area contributed by atoms with Crippen molar-refractivity contribution in [3.8, 4) is 11.3 Å². The first-order valence-electron chi connectivity index (χ1n) is 7.89. The Bertz CT molecular complexity index is 787. The van der Waals surface area contributed by atoms with Gasteiger partial charge in [-0.2, -0.15) is 0 Å². The summed E-state index contributed by atoms with van der Waals surface area (Å²) in [6, 6.07) is 8.60. The van der Waals surface area contributed by atoms with Gasteiger partial charge in [-0.15, -0.1) is 0 Å². The summed E-state index contributed by atoms with van der Waals surface area (Å²) in [5.41, 5.74) is 2.81. The van der Waals surface area contributed by atoms with Crippen molar-refractivity contribution in [1.82, 2.24) is 14.9 Å². The van der Waals surface area contributed by atoms with E-state index in [2.05, 4.69) is 9.97 Å². The predicted molar refractivity (Wildman–Crippen MR) is 88.8 cm³/mol. The van der Waals surface area contributed by atoms with Crippen molar-refractivity contribution in [2.75, 3.05) is 13.1 Å². The maximum Gasteiger partial charge on any atom is 0.335 e. The second-order valence-corrected chi connectivity index (χ2v) is 6.06. The molecule has 0 aliphatic carbocycles. The maximum atomic E-state index is 11.5. The molecular weight excluding hydrogens is 306 g/mol. The van der Waals surface area contributed by atoms with Crippen LogP contribution >= 0.6 is 0 Å². The SMILES string of the molecule is CC(=O)N1CCC(c2cc(-c3ccc(C(=O)O)cc3)nc(C)n2)C1. The predicted octanol–water partition coefficient (Wildman–Crippen LogP) is 2.49. The molecule has 124 valence electrons. The number of likely N-dealkylation sites (tertiary alicyclic amines) is 1. The Balaban J connectivity index is 1.89. The van der Waals surface area contributed by atoms with Crippen LogP contribution in [0.3, 0.4) is 0 Å². The zero-order valence-electron chi connectivity index (χ0n) is 13.7. The second kappa shape index (κ2) is 6.39. The molecule has 1 amide bonds. The molecule has 24 heavy (non-hydrogen) atoms. The Hall–Kier alpha value is -2.76. The molecule has 6 heteroatoms. The summed E-state index contributed by atoms with van der Waals surface area (Å²) in [4.78, 5) is 33.3. The van der Waals surface area contributed by atoms with Crippen molar-refractivity contribution in [3.05, 3.63) is 47.4 Å². The lowest BCUT2D eigenvalue weighted by molar-refractivity contribution is -0.127. The molecule has 1 fully saturated rings. The number of aromatic carboxylic acids is 1. The van der Waals surface area contributed by atoms with Crippen LogP contribution in [-0.4, -0.2) is 44.9 Å². The summed E-state index contributed by atoms with van der Waals surface area (Å²) in [5.74, 6) is 0.0304. The smallest absolute Gasteiger partial charge is 0.335 e. The van der Waals surface area contributed by atoms with E-state index in [4.69, 9.17) is 5.11 Å². The molecule has 1 aliphatic rings. The van der Waals surface area contributed by atoms with Crippen molar-refractivity contribution in [1.29, 1.82) is 0 Å². The van der Waals surface area contributed by atoms with Crippen LogP contribution in [0.4, 0.5) is 0 Å². The molecule has 2 aromatic rings. The van der Waals surface area contributed by atoms with E-state index in [-0.39, 0.29) is 17.4 Å². The highest BCUT2D eigenvalue weighted by Crippen LogP contribution is 2.28. The van der Waals surface area contributed by atoms with E-state index in [0.29, 0.717) is 12.4 Å². The molecule has 1 aromatic carbocycles. The van der Waals surface area contributed by atoms with Gasteiger partial charge in [0, 0.05) is 37.2 Å². The summed E-state index contributed by atoms with van der Waals surface area (Å²) in [6.45, 7) is 4.87. The van der Waals surface area contributed by atoms with Crippen molar-refractivity contribution >= 4 is 11.9 Å². The fourth-order valence-corrected chi connectivity index (χ4v) is 3.02. The summed E-state index contributed by atoms with van der Waals surface area (Å²) in [5, 5.41) is 8.99. The van der Waals surface area contributed by atoms with Gasteiger partial charge in [0.2, 0.25) is 5.91 Å². The van der Waals surface area contributed by atoms with E-state index < -0.39 is 5.97 Å². The normalized spacial score (nSPS) is 17.1. The fraction of sp³-hybridized carbons (Fsp3) is 0.333. The van der Waals surface area contributed by atoms with Gasteiger partial charge < -0.3 is 10.0 Å². The topological polar surface area (TPSA) is 83.4 Å². The number of hydrogen-bond donors (Lipinski definition) is 1. The zero-order chi connectivity index (χ0) is 17.3. The van der Waals surface area contributed by atoms with E-state index in [9.17, 15) is 9.59 Å². The van der Waals surface area contributed by atoms with Crippen LogP contribution in [0.2, 0.25) is 0 Å². The Morgan fingerprint density at radius 1 is 1.21 bits per heavy atom. The van der Waals surface area contributed by atoms with Crippen molar-refractivity contribution in [2.24, 2.45) is 0 Å². The third-order valence-corrected chi connectivity index (χ3v) is 4.34. The number of nitrogens with zero attached hydrogens (tertiary/aromatic N) is 3. The average molecular weight is 325 g/mol. The van der Waals surface area contributed by atoms with Gasteiger partial charge in [0.25, 0.3) is 0 Å². The number of rotatable bonds is 3. The van der Waals surface area contributed by atoms with E-state index in [1.54, 1.807) is 31.2 Å². The van der Waals surface area contributed by atoms with Crippen molar-refractivity contribution < 1.29 is 14.7 Å². The van der Waals surface area contributed by atoms with Crippen LogP contribution in [0.15, 0.2) is 30.3 Å². The highest BCUT2D eigenvalue weighted by atomic mass is 16.4. The molecule has 1 atom stereocenters. The van der Waals surface area contributed by atoms with Crippen LogP contribution in [0.25, 0.3) is 11.3 Å². The molecule has 0 saturated carbocycles. The Morgan fingerprint density at radius 2 is 1.92 bits per heavy atom. The van der Waals surface area contributed by atoms with Crippen LogP contribution in [-0.2, 0) is 4.79 Å². The maximum absolute atomic E-state index is 11.5. The summed E-state index contributed by atoms with van der Waals surface area (Å²) in [7, 11) is 0. The molecule has 1 aliphatic heterocycles. The van der Waals surface area contributed by atoms with Gasteiger partial charge in [-0.3, -0.25) is 4.79 Å². The number of aromatic nitrogens is 2. The summed E-state index contributed by atoms with van der Waals surface area (Å²) >= 11 is 0. The Labute approximate surface area is 140 Å². The first-order chi connectivity index (χ1) is 11.4. The average Bonchev–Trinajstić information content (AvgIpc) is 3.05. The van der Waals surface area contributed by atoms with Gasteiger partial charge in [0.15, 0.2) is 0 Å². The lowest BCUT2D eigenvalue weighted by atomic mass is 10.0. The van der Waals surface area contributed by atoms with Crippen LogP contribution in [0.5, 0.6) is 0 Å². The molecule has 2 heterocycles. The van der Waals surface area contributed by atoms with Crippen LogP contribution < -0.4 is 0 Å². The van der Waals surface area contributed by atoms with Crippen LogP contribution in [0, 0.1) is 6.92 Å². The van der Waals surface area contributed by atoms with Crippen molar-refractivity contribution in [3.63, 3.8) is 0 Å². The minimum atomic E-state index is -0.948. The number of hydrogen-bond acceptors (Lipinski definition) is 4. The summed E-state index contributed by atoms with van der Waals surface area (Å²) < 4.78 is 0. The molecule has 1 N–H and O–H groups in total. The number of carboxylic acids is 1. The lowest BCUT2D eigenvalue weighted by Crippen LogP contribution is -2.25. The third-order valence-electron chi connectivity index (χ3n) is 4.34. The van der Waals surface area contributed by atoms with E-state index in [1.165, 1.54) is 0 Å². The largest absolute Gasteiger partial charge is 0.478 e. The number of carboxylic acid groups (broad SMARTS) is 1. The second-order valence-electron chi connectivity index (χ2n) is 6.06. The van der Waals surface area contributed by atoms with Crippen molar-refractivity contribution in [2.45, 2.75) is 26.2 Å². The number of carbonyl (C=O) groups excluding carboxylic acids is 1. The number of benzene rings is 1. The molecule has 3 rings (SSSR count). The van der Waals surface area contributed by atoms with Gasteiger partial charge in [-0.25, -0.2) is 14.8 Å². The molecule has 6 nitrogen and oxygen atoms in total. The molecule has 0 bridgehead atoms. The van der Waals surface area contributed by atoms with E-state index in [1.807, 2.05) is 17.9 Å². The number of amides is 1. The van der Waals surface area contributed by atoms with E-state index in [0.717, 1.165) is 29.9 Å². The monoisotopic (exact) mass is 325 g/mol. The highest BCUT2D eigenvalue weighted by Gasteiger charge is 2.27. The lowest BCUT2D eigenvalue weighted by Gasteiger charge is -2.14. The third kappa shape index (κ3) is 3.27. The molecule has 1 saturated heterocycles. The van der Waals surface area contributed by atoms with Gasteiger partial charge in [0.05, 0.1) is 11.3 Å². The first kappa shape index (κ1) is 16.1. The van der Waals surface area contributed by atoms with Gasteiger partial charge in [-0.05, 0) is 31.5 Å². The van der Waals surface area contributed by atoms with Crippen LogP contribution in [0.1, 0.15) is 41.1 Å². The zero-order valence-corrected chi connectivity index (χ0v) is 13.7. The molecule has 0 spiro atoms. The summed E-state index contributed by atoms with van der Waals surface area (Å²) in [6.07, 6.45) is 0.896. The van der Waals surface area contributed by atoms with Gasteiger partial charge in [0.1, 0.15) is 5.82 Å².